The van der Waals surface area contributed by atoms with Gasteiger partial charge in [0.15, 0.2) is 0 Å². The maximum Gasteiger partial charge on any atom is 0.125 e. The first kappa shape index (κ1) is 10.4. The lowest BCUT2D eigenvalue weighted by Gasteiger charge is -2.30. The first-order chi connectivity index (χ1) is 8.25. The van der Waals surface area contributed by atoms with E-state index < -0.39 is 6.10 Å². The van der Waals surface area contributed by atoms with Crippen molar-refractivity contribution in [3.05, 3.63) is 47.8 Å². The van der Waals surface area contributed by atoms with Crippen molar-refractivity contribution in [2.45, 2.75) is 19.1 Å². The number of aliphatic hydroxyl groups is 1. The van der Waals surface area contributed by atoms with Gasteiger partial charge < -0.3 is 9.84 Å². The molecule has 0 radical (unpaired) electrons. The maximum absolute atomic E-state index is 10.3. The van der Waals surface area contributed by atoms with Crippen LogP contribution in [-0.2, 0) is 0 Å². The second-order valence-corrected chi connectivity index (χ2v) is 4.30. The average Bonchev–Trinajstić information content (AvgIpc) is 2.77. The minimum atomic E-state index is -0.570. The summed E-state index contributed by atoms with van der Waals surface area (Å²) in [5.41, 5.74) is 1.77. The van der Waals surface area contributed by atoms with E-state index in [-0.39, 0.29) is 6.04 Å². The molecule has 1 aliphatic rings. The van der Waals surface area contributed by atoms with Crippen LogP contribution in [0.2, 0.25) is 0 Å². The molecule has 2 unspecified atom stereocenters. The number of hydrogen-bond donors (Lipinski definition) is 1. The lowest BCUT2D eigenvalue weighted by Crippen LogP contribution is -2.29. The summed E-state index contributed by atoms with van der Waals surface area (Å²) in [6, 6.07) is 9.35. The summed E-state index contributed by atoms with van der Waals surface area (Å²) in [6.07, 6.45) is 1.31. The molecule has 17 heavy (non-hydrogen) atoms. The Kier molecular flexibility index (Phi) is 2.37. The van der Waals surface area contributed by atoms with E-state index in [2.05, 4.69) is 5.10 Å². The molecule has 0 saturated heterocycles. The van der Waals surface area contributed by atoms with Crippen molar-refractivity contribution < 1.29 is 9.84 Å². The molecular formula is C13H14N2O2. The summed E-state index contributed by atoms with van der Waals surface area (Å²) in [6.45, 7) is 2.37. The number of para-hydroxylation sites is 1. The topological polar surface area (TPSA) is 47.3 Å². The highest BCUT2D eigenvalue weighted by Crippen LogP contribution is 2.37. The SMILES string of the molecule is Cc1ccn(C2COc3ccccc3C2O)n1. The predicted octanol–water partition coefficient (Wildman–Crippen LogP) is 1.86. The van der Waals surface area contributed by atoms with Crippen LogP contribution >= 0.6 is 0 Å². The van der Waals surface area contributed by atoms with Crippen LogP contribution < -0.4 is 4.74 Å². The highest BCUT2D eigenvalue weighted by molar-refractivity contribution is 5.37. The van der Waals surface area contributed by atoms with E-state index in [4.69, 9.17) is 4.74 Å². The van der Waals surface area contributed by atoms with Crippen LogP contribution in [0.1, 0.15) is 23.4 Å². The second-order valence-electron chi connectivity index (χ2n) is 4.30. The van der Waals surface area contributed by atoms with Crippen molar-refractivity contribution in [1.82, 2.24) is 9.78 Å². The fourth-order valence-electron chi connectivity index (χ4n) is 2.17. The van der Waals surface area contributed by atoms with Crippen molar-refractivity contribution in [2.24, 2.45) is 0 Å². The van der Waals surface area contributed by atoms with Crippen molar-refractivity contribution in [1.29, 1.82) is 0 Å². The van der Waals surface area contributed by atoms with Gasteiger partial charge in [-0.1, -0.05) is 18.2 Å². The molecule has 4 heteroatoms. The fraction of sp³-hybridized carbons (Fsp3) is 0.308. The number of hydrogen-bond acceptors (Lipinski definition) is 3. The smallest absolute Gasteiger partial charge is 0.125 e. The molecule has 1 aliphatic heterocycles. The zero-order valence-corrected chi connectivity index (χ0v) is 9.58. The lowest BCUT2D eigenvalue weighted by atomic mass is 9.99. The Morgan fingerprint density at radius 1 is 1.35 bits per heavy atom. The summed E-state index contributed by atoms with van der Waals surface area (Å²) in [4.78, 5) is 0. The number of fused-ring (bicyclic) bond motifs is 1. The van der Waals surface area contributed by atoms with E-state index in [0.717, 1.165) is 17.0 Å². The van der Waals surface area contributed by atoms with Crippen LogP contribution in [0.3, 0.4) is 0 Å². The number of aryl methyl sites for hydroxylation is 1. The summed E-state index contributed by atoms with van der Waals surface area (Å²) in [5, 5.41) is 14.7. The summed E-state index contributed by atoms with van der Waals surface area (Å²) in [7, 11) is 0. The van der Waals surface area contributed by atoms with Gasteiger partial charge in [-0.3, -0.25) is 4.68 Å². The highest BCUT2D eigenvalue weighted by Gasteiger charge is 2.30. The van der Waals surface area contributed by atoms with Gasteiger partial charge in [0.25, 0.3) is 0 Å². The molecule has 0 saturated carbocycles. The molecule has 1 N–H and O–H groups in total. The fourth-order valence-corrected chi connectivity index (χ4v) is 2.17. The van der Waals surface area contributed by atoms with Gasteiger partial charge in [0.1, 0.15) is 24.5 Å². The Hall–Kier alpha value is -1.81. The number of ether oxygens (including phenoxy) is 1. The number of aromatic nitrogens is 2. The Labute approximate surface area is 99.5 Å². The van der Waals surface area contributed by atoms with Gasteiger partial charge in [-0.2, -0.15) is 5.10 Å². The van der Waals surface area contributed by atoms with Crippen LogP contribution in [0.25, 0.3) is 0 Å². The Balaban J connectivity index is 1.96. The van der Waals surface area contributed by atoms with Crippen molar-refractivity contribution >= 4 is 0 Å². The van der Waals surface area contributed by atoms with Crippen molar-refractivity contribution in [3.8, 4) is 5.75 Å². The van der Waals surface area contributed by atoms with Crippen LogP contribution in [0, 0.1) is 6.92 Å². The van der Waals surface area contributed by atoms with E-state index in [1.165, 1.54) is 0 Å². The third-order valence-electron chi connectivity index (χ3n) is 3.09. The summed E-state index contributed by atoms with van der Waals surface area (Å²) in [5.74, 6) is 0.764. The quantitative estimate of drug-likeness (QED) is 0.813. The predicted molar refractivity (Wildman–Crippen MR) is 62.9 cm³/mol. The van der Waals surface area contributed by atoms with Gasteiger partial charge in [0.05, 0.1) is 5.69 Å². The third-order valence-corrected chi connectivity index (χ3v) is 3.09. The van der Waals surface area contributed by atoms with Gasteiger partial charge in [0.2, 0.25) is 0 Å². The van der Waals surface area contributed by atoms with Crippen molar-refractivity contribution in [3.63, 3.8) is 0 Å². The minimum absolute atomic E-state index is 0.154. The molecule has 2 aromatic rings. The van der Waals surface area contributed by atoms with Crippen LogP contribution in [0.5, 0.6) is 5.75 Å². The Morgan fingerprint density at radius 3 is 2.94 bits per heavy atom. The van der Waals surface area contributed by atoms with Gasteiger partial charge in [-0.15, -0.1) is 0 Å². The minimum Gasteiger partial charge on any atom is -0.491 e. The molecule has 0 fully saturated rings. The summed E-state index contributed by atoms with van der Waals surface area (Å²) < 4.78 is 7.42. The van der Waals surface area contributed by atoms with Crippen LogP contribution in [0.15, 0.2) is 36.5 Å². The molecule has 1 aromatic carbocycles. The lowest BCUT2D eigenvalue weighted by molar-refractivity contribution is 0.0507. The molecular weight excluding hydrogens is 216 g/mol. The molecule has 0 aliphatic carbocycles. The third kappa shape index (κ3) is 1.70. The molecule has 3 rings (SSSR count). The molecule has 2 heterocycles. The molecule has 4 nitrogen and oxygen atoms in total. The van der Waals surface area contributed by atoms with Crippen molar-refractivity contribution in [2.75, 3.05) is 6.61 Å². The molecule has 88 valence electrons. The zero-order valence-electron chi connectivity index (χ0n) is 9.58. The first-order valence-electron chi connectivity index (χ1n) is 5.67. The number of rotatable bonds is 1. The summed E-state index contributed by atoms with van der Waals surface area (Å²) >= 11 is 0. The van der Waals surface area contributed by atoms with E-state index in [1.54, 1.807) is 4.68 Å². The standard InChI is InChI=1S/C13H14N2O2/c1-9-6-7-15(14-9)11-8-17-12-5-3-2-4-10(12)13(11)16/h2-7,11,13,16H,8H2,1H3. The largest absolute Gasteiger partial charge is 0.491 e. The second kappa shape index (κ2) is 3.89. The highest BCUT2D eigenvalue weighted by atomic mass is 16.5. The number of nitrogens with zero attached hydrogens (tertiary/aromatic N) is 2. The van der Waals surface area contributed by atoms with Crippen LogP contribution in [-0.4, -0.2) is 21.5 Å². The molecule has 2 atom stereocenters. The van der Waals surface area contributed by atoms with E-state index in [9.17, 15) is 5.11 Å². The normalized spacial score (nSPS) is 22.9. The molecule has 0 amide bonds. The van der Waals surface area contributed by atoms with E-state index in [0.29, 0.717) is 6.61 Å². The monoisotopic (exact) mass is 230 g/mol. The van der Waals surface area contributed by atoms with Gasteiger partial charge in [0, 0.05) is 11.8 Å². The molecule has 0 bridgehead atoms. The average molecular weight is 230 g/mol. The Morgan fingerprint density at radius 2 is 2.18 bits per heavy atom. The van der Waals surface area contributed by atoms with Gasteiger partial charge >= 0.3 is 0 Å². The van der Waals surface area contributed by atoms with E-state index in [1.807, 2.05) is 43.5 Å². The first-order valence-corrected chi connectivity index (χ1v) is 5.67. The van der Waals surface area contributed by atoms with Gasteiger partial charge in [-0.05, 0) is 19.1 Å². The molecule has 1 aromatic heterocycles. The molecule has 0 spiro atoms. The van der Waals surface area contributed by atoms with Crippen LogP contribution in [0.4, 0.5) is 0 Å². The van der Waals surface area contributed by atoms with E-state index >= 15 is 0 Å². The Bertz CT molecular complexity index is 536. The maximum atomic E-state index is 10.3. The number of benzene rings is 1. The van der Waals surface area contributed by atoms with Gasteiger partial charge in [-0.25, -0.2) is 0 Å². The number of aliphatic hydroxyl groups excluding tert-OH is 1. The zero-order chi connectivity index (χ0) is 11.8.